The van der Waals surface area contributed by atoms with Gasteiger partial charge in [-0.3, -0.25) is 0 Å². The molecule has 0 aromatic rings. The van der Waals surface area contributed by atoms with Crippen molar-refractivity contribution in [1.29, 1.82) is 5.26 Å². The molecule has 1 aliphatic rings. The van der Waals surface area contributed by atoms with Crippen LogP contribution in [0.4, 0.5) is 9.59 Å². The second-order valence-corrected chi connectivity index (χ2v) is 14.6. The highest BCUT2D eigenvalue weighted by molar-refractivity contribution is 6.77. The second kappa shape index (κ2) is 9.97. The SMILES string of the molecule is CC[Si](C)(C)CCOC(=O)N[C@H]1CC[C@H](C#N)C[C@H]1NC(=O)OC(C)(C)C. The number of alkyl carbamates (subject to hydrolysis) is 2. The molecular formula is C19H35N3O4Si. The molecule has 0 aromatic carbocycles. The molecule has 1 rings (SSSR count). The highest BCUT2D eigenvalue weighted by Gasteiger charge is 2.34. The van der Waals surface area contributed by atoms with E-state index < -0.39 is 25.9 Å². The normalized spacial score (nSPS) is 23.1. The third-order valence-corrected chi connectivity index (χ3v) is 8.48. The average molecular weight is 398 g/mol. The van der Waals surface area contributed by atoms with Crippen LogP contribution in [0.1, 0.15) is 47.0 Å². The van der Waals surface area contributed by atoms with Crippen LogP contribution in [0.3, 0.4) is 0 Å². The highest BCUT2D eigenvalue weighted by atomic mass is 28.3. The molecule has 154 valence electrons. The summed E-state index contributed by atoms with van der Waals surface area (Å²) in [4.78, 5) is 24.3. The lowest BCUT2D eigenvalue weighted by Gasteiger charge is -2.35. The van der Waals surface area contributed by atoms with Crippen LogP contribution in [0.5, 0.6) is 0 Å². The lowest BCUT2D eigenvalue weighted by atomic mass is 9.83. The van der Waals surface area contributed by atoms with E-state index in [9.17, 15) is 14.9 Å². The predicted octanol–water partition coefficient (Wildman–Crippen LogP) is 4.03. The maximum absolute atomic E-state index is 12.2. The summed E-state index contributed by atoms with van der Waals surface area (Å²) in [6.07, 6.45) is 0.776. The Morgan fingerprint density at radius 1 is 1.15 bits per heavy atom. The summed E-state index contributed by atoms with van der Waals surface area (Å²) in [7, 11) is -1.28. The van der Waals surface area contributed by atoms with Crippen molar-refractivity contribution in [1.82, 2.24) is 10.6 Å². The zero-order chi connectivity index (χ0) is 20.7. The zero-order valence-corrected chi connectivity index (χ0v) is 18.6. The number of nitrogens with zero attached hydrogens (tertiary/aromatic N) is 1. The molecule has 0 aromatic heterocycles. The fourth-order valence-corrected chi connectivity index (χ4v) is 3.88. The minimum atomic E-state index is -1.28. The highest BCUT2D eigenvalue weighted by Crippen LogP contribution is 2.25. The van der Waals surface area contributed by atoms with E-state index in [0.717, 1.165) is 12.1 Å². The molecule has 8 heteroatoms. The van der Waals surface area contributed by atoms with Crippen LogP contribution in [-0.4, -0.2) is 44.6 Å². The Balaban J connectivity index is 2.60. The molecule has 0 unspecified atom stereocenters. The number of hydrogen-bond donors (Lipinski definition) is 2. The molecule has 3 atom stereocenters. The third kappa shape index (κ3) is 9.13. The van der Waals surface area contributed by atoms with Gasteiger partial charge in [-0.2, -0.15) is 5.26 Å². The summed E-state index contributed by atoms with van der Waals surface area (Å²) in [5.74, 6) is -0.143. The molecule has 0 spiro atoms. The van der Waals surface area contributed by atoms with E-state index in [-0.39, 0.29) is 18.0 Å². The van der Waals surface area contributed by atoms with E-state index in [2.05, 4.69) is 36.7 Å². The van der Waals surface area contributed by atoms with Crippen LogP contribution in [0.2, 0.25) is 25.2 Å². The predicted molar refractivity (Wildman–Crippen MR) is 107 cm³/mol. The molecule has 1 saturated carbocycles. The molecule has 0 bridgehead atoms. The van der Waals surface area contributed by atoms with Crippen LogP contribution >= 0.6 is 0 Å². The van der Waals surface area contributed by atoms with E-state index in [1.54, 1.807) is 20.8 Å². The number of ether oxygens (including phenoxy) is 2. The van der Waals surface area contributed by atoms with E-state index in [1.807, 2.05) is 0 Å². The van der Waals surface area contributed by atoms with Gasteiger partial charge in [-0.05, 0) is 46.1 Å². The fraction of sp³-hybridized carbons (Fsp3) is 0.842. The van der Waals surface area contributed by atoms with Crippen molar-refractivity contribution in [2.24, 2.45) is 5.92 Å². The van der Waals surface area contributed by atoms with Crippen LogP contribution in [-0.2, 0) is 9.47 Å². The van der Waals surface area contributed by atoms with Crippen LogP contribution in [0.25, 0.3) is 0 Å². The second-order valence-electron chi connectivity index (χ2n) is 9.05. The first-order valence-electron chi connectivity index (χ1n) is 9.78. The van der Waals surface area contributed by atoms with E-state index >= 15 is 0 Å². The topological polar surface area (TPSA) is 100 Å². The number of carbonyl (C=O) groups excluding carboxylic acids is 2. The molecular weight excluding hydrogens is 362 g/mol. The summed E-state index contributed by atoms with van der Waals surface area (Å²) in [5, 5.41) is 14.9. The monoisotopic (exact) mass is 397 g/mol. The average Bonchev–Trinajstić information content (AvgIpc) is 2.54. The Kier molecular flexibility index (Phi) is 8.60. The van der Waals surface area contributed by atoms with Crippen molar-refractivity contribution in [3.63, 3.8) is 0 Å². The number of hydrogen-bond acceptors (Lipinski definition) is 5. The van der Waals surface area contributed by atoms with E-state index in [4.69, 9.17) is 9.47 Å². The van der Waals surface area contributed by atoms with Gasteiger partial charge in [0.2, 0.25) is 0 Å². The molecule has 0 saturated heterocycles. The molecule has 0 heterocycles. The van der Waals surface area contributed by atoms with Gasteiger partial charge in [0.25, 0.3) is 0 Å². The minimum Gasteiger partial charge on any atom is -0.450 e. The van der Waals surface area contributed by atoms with Gasteiger partial charge in [-0.15, -0.1) is 0 Å². The smallest absolute Gasteiger partial charge is 0.407 e. The molecule has 0 radical (unpaired) electrons. The van der Waals surface area contributed by atoms with Gasteiger partial charge in [0, 0.05) is 5.92 Å². The lowest BCUT2D eigenvalue weighted by molar-refractivity contribution is 0.0469. The summed E-state index contributed by atoms with van der Waals surface area (Å²) >= 11 is 0. The lowest BCUT2D eigenvalue weighted by Crippen LogP contribution is -2.55. The number of carbonyl (C=O) groups is 2. The van der Waals surface area contributed by atoms with E-state index in [1.165, 1.54) is 0 Å². The quantitative estimate of drug-likeness (QED) is 0.659. The van der Waals surface area contributed by atoms with Crippen LogP contribution in [0, 0.1) is 17.2 Å². The van der Waals surface area contributed by atoms with Crippen molar-refractivity contribution in [3.05, 3.63) is 0 Å². The van der Waals surface area contributed by atoms with Crippen LogP contribution in [0.15, 0.2) is 0 Å². The number of amides is 2. The van der Waals surface area contributed by atoms with Crippen molar-refractivity contribution in [2.45, 2.75) is 89.8 Å². The summed E-state index contributed by atoms with van der Waals surface area (Å²) in [5.41, 5.74) is -0.606. The standard InChI is InChI=1S/C19H35N3O4Si/c1-7-27(5,6)11-10-25-17(23)21-15-9-8-14(13-20)12-16(15)22-18(24)26-19(2,3)4/h14-16H,7-12H2,1-6H3,(H,21,23)(H,22,24)/t14-,15-,16+/m0/s1. The Bertz CT molecular complexity index is 554. The largest absolute Gasteiger partial charge is 0.450 e. The van der Waals surface area contributed by atoms with Gasteiger partial charge in [0.1, 0.15) is 5.60 Å². The first-order chi connectivity index (χ1) is 12.5. The van der Waals surface area contributed by atoms with Gasteiger partial charge in [-0.1, -0.05) is 26.1 Å². The first-order valence-corrected chi connectivity index (χ1v) is 13.2. The summed E-state index contributed by atoms with van der Waals surface area (Å²) in [6, 6.07) is 3.71. The van der Waals surface area contributed by atoms with Crippen molar-refractivity contribution in [3.8, 4) is 6.07 Å². The molecule has 1 aliphatic carbocycles. The third-order valence-electron chi connectivity index (χ3n) is 5.01. The van der Waals surface area contributed by atoms with Crippen molar-refractivity contribution < 1.29 is 19.1 Å². The number of nitriles is 1. The Labute approximate surface area is 164 Å². The molecule has 27 heavy (non-hydrogen) atoms. The summed E-state index contributed by atoms with van der Waals surface area (Å²) < 4.78 is 10.7. The molecule has 2 amide bonds. The number of nitrogens with one attached hydrogen (secondary N) is 2. The summed E-state index contributed by atoms with van der Waals surface area (Å²) in [6.45, 7) is 12.5. The zero-order valence-electron chi connectivity index (χ0n) is 17.6. The van der Waals surface area contributed by atoms with Crippen molar-refractivity contribution in [2.75, 3.05) is 6.61 Å². The first kappa shape index (κ1) is 23.3. The Morgan fingerprint density at radius 3 is 2.33 bits per heavy atom. The maximum atomic E-state index is 12.2. The molecule has 0 aliphatic heterocycles. The molecule has 1 fully saturated rings. The number of rotatable bonds is 6. The van der Waals surface area contributed by atoms with Gasteiger partial charge in [0.05, 0.1) is 32.8 Å². The van der Waals surface area contributed by atoms with Gasteiger partial charge in [-0.25, -0.2) is 9.59 Å². The fourth-order valence-electron chi connectivity index (χ4n) is 2.87. The van der Waals surface area contributed by atoms with Crippen molar-refractivity contribution >= 4 is 20.3 Å². The molecule has 7 nitrogen and oxygen atoms in total. The van der Waals surface area contributed by atoms with E-state index in [0.29, 0.717) is 25.9 Å². The Hall–Kier alpha value is -1.75. The molecule has 2 N–H and O–H groups in total. The van der Waals surface area contributed by atoms with Crippen LogP contribution < -0.4 is 10.6 Å². The maximum Gasteiger partial charge on any atom is 0.407 e. The van der Waals surface area contributed by atoms with Gasteiger partial charge in [0.15, 0.2) is 0 Å². The van der Waals surface area contributed by atoms with Gasteiger partial charge >= 0.3 is 12.2 Å². The van der Waals surface area contributed by atoms with Gasteiger partial charge < -0.3 is 20.1 Å². The minimum absolute atomic E-state index is 0.143. The Morgan fingerprint density at radius 2 is 1.78 bits per heavy atom.